The minimum Gasteiger partial charge on any atom is -0.342 e. The van der Waals surface area contributed by atoms with Crippen molar-refractivity contribution in [2.24, 2.45) is 0 Å². The van der Waals surface area contributed by atoms with Crippen LogP contribution in [0.4, 0.5) is 0 Å². The van der Waals surface area contributed by atoms with E-state index >= 15 is 0 Å². The molecule has 0 unspecified atom stereocenters. The summed E-state index contributed by atoms with van der Waals surface area (Å²) in [6.45, 7) is 3.90. The normalized spacial score (nSPS) is 12.0. The van der Waals surface area contributed by atoms with Crippen molar-refractivity contribution in [2.75, 3.05) is 7.05 Å². The molecule has 5 nitrogen and oxygen atoms in total. The number of carbonyl (C=O) groups is 1. The summed E-state index contributed by atoms with van der Waals surface area (Å²) in [6.07, 6.45) is 1.42. The highest BCUT2D eigenvalue weighted by Crippen LogP contribution is 2.27. The molecule has 0 saturated carbocycles. The first-order valence-corrected chi connectivity index (χ1v) is 8.81. The molecular formula is C14H17ClN2O3S. The highest BCUT2D eigenvalue weighted by atomic mass is 35.7. The molecule has 0 N–H and O–H groups in total. The second-order valence-corrected chi connectivity index (χ2v) is 7.71. The summed E-state index contributed by atoms with van der Waals surface area (Å²) in [6, 6.07) is 7.05. The van der Waals surface area contributed by atoms with Gasteiger partial charge in [0, 0.05) is 40.9 Å². The van der Waals surface area contributed by atoms with Crippen LogP contribution in [0.2, 0.25) is 0 Å². The van der Waals surface area contributed by atoms with Gasteiger partial charge in [0.2, 0.25) is 5.91 Å². The molecule has 0 fully saturated rings. The van der Waals surface area contributed by atoms with E-state index in [9.17, 15) is 13.2 Å². The molecule has 0 aliphatic rings. The minimum absolute atomic E-state index is 0.0276. The molecule has 0 spiro atoms. The van der Waals surface area contributed by atoms with Crippen LogP contribution in [0.3, 0.4) is 0 Å². The number of fused-ring (bicyclic) bond motifs is 1. The third-order valence-electron chi connectivity index (χ3n) is 3.49. The number of nitrogens with zero attached hydrogens (tertiary/aromatic N) is 2. The smallest absolute Gasteiger partial charge is 0.263 e. The Balaban J connectivity index is 2.49. The maximum atomic E-state index is 12.2. The lowest BCUT2D eigenvalue weighted by Gasteiger charge is -2.21. The topological polar surface area (TPSA) is 59.4 Å². The molecule has 0 aliphatic heterocycles. The summed E-state index contributed by atoms with van der Waals surface area (Å²) in [5.74, 6) is -0.0933. The van der Waals surface area contributed by atoms with Crippen molar-refractivity contribution in [1.29, 1.82) is 0 Å². The highest BCUT2D eigenvalue weighted by molar-refractivity contribution is 8.14. The molecule has 1 amide bonds. The average Bonchev–Trinajstić information content (AvgIpc) is 2.77. The van der Waals surface area contributed by atoms with Gasteiger partial charge in [-0.25, -0.2) is 8.42 Å². The molecule has 1 aromatic heterocycles. The monoisotopic (exact) mass is 328 g/mol. The second kappa shape index (κ2) is 5.69. The van der Waals surface area contributed by atoms with E-state index < -0.39 is 9.05 Å². The first-order valence-electron chi connectivity index (χ1n) is 6.50. The summed E-state index contributed by atoms with van der Waals surface area (Å²) >= 11 is 0. The first kappa shape index (κ1) is 15.9. The van der Waals surface area contributed by atoms with Gasteiger partial charge in [0.25, 0.3) is 9.05 Å². The van der Waals surface area contributed by atoms with Gasteiger partial charge < -0.3 is 9.47 Å². The molecule has 0 bridgehead atoms. The van der Waals surface area contributed by atoms with Gasteiger partial charge in [-0.15, -0.1) is 0 Å². The predicted octanol–water partition coefficient (Wildman–Crippen LogP) is 2.44. The van der Waals surface area contributed by atoms with Crippen LogP contribution >= 0.6 is 10.7 Å². The Morgan fingerprint density at radius 2 is 1.95 bits per heavy atom. The van der Waals surface area contributed by atoms with Gasteiger partial charge in [-0.3, -0.25) is 4.79 Å². The molecule has 2 aromatic rings. The van der Waals surface area contributed by atoms with Crippen LogP contribution < -0.4 is 0 Å². The van der Waals surface area contributed by atoms with E-state index in [1.54, 1.807) is 40.8 Å². The standard InChI is InChI=1S/C14H17ClN2O3S/c1-10(2)16(3)14(18)9-17-8-13(21(15,19)20)11-6-4-5-7-12(11)17/h4-8,10H,9H2,1-3H3. The van der Waals surface area contributed by atoms with Crippen LogP contribution in [0, 0.1) is 0 Å². The summed E-state index contributed by atoms with van der Waals surface area (Å²) in [7, 11) is 3.33. The number of hydrogen-bond acceptors (Lipinski definition) is 3. The van der Waals surface area contributed by atoms with Crippen LogP contribution in [0.25, 0.3) is 10.9 Å². The Morgan fingerprint density at radius 1 is 1.33 bits per heavy atom. The Bertz CT molecular complexity index is 781. The quantitative estimate of drug-likeness (QED) is 0.810. The maximum absolute atomic E-state index is 12.2. The van der Waals surface area contributed by atoms with Crippen molar-refractivity contribution in [1.82, 2.24) is 9.47 Å². The molecule has 0 atom stereocenters. The van der Waals surface area contributed by atoms with Gasteiger partial charge in [-0.1, -0.05) is 18.2 Å². The van der Waals surface area contributed by atoms with Crippen LogP contribution in [0.1, 0.15) is 13.8 Å². The van der Waals surface area contributed by atoms with E-state index in [-0.39, 0.29) is 23.4 Å². The summed E-state index contributed by atoms with van der Waals surface area (Å²) in [5.41, 5.74) is 0.669. The van der Waals surface area contributed by atoms with Gasteiger partial charge in [-0.05, 0) is 19.9 Å². The SMILES string of the molecule is CC(C)N(C)C(=O)Cn1cc(S(=O)(=O)Cl)c2ccccc21. The van der Waals surface area contributed by atoms with Crippen molar-refractivity contribution >= 4 is 36.5 Å². The number of hydrogen-bond donors (Lipinski definition) is 0. The number of likely N-dealkylation sites (N-methyl/N-ethyl adjacent to an activating group) is 1. The highest BCUT2D eigenvalue weighted by Gasteiger charge is 2.20. The molecule has 21 heavy (non-hydrogen) atoms. The number of halogens is 1. The van der Waals surface area contributed by atoms with Crippen molar-refractivity contribution in [3.8, 4) is 0 Å². The van der Waals surface area contributed by atoms with Gasteiger partial charge in [0.05, 0.1) is 0 Å². The molecule has 2 rings (SSSR count). The Kier molecular flexibility index (Phi) is 4.30. The molecular weight excluding hydrogens is 312 g/mol. The molecule has 7 heteroatoms. The molecule has 0 aliphatic carbocycles. The largest absolute Gasteiger partial charge is 0.342 e. The average molecular weight is 329 g/mol. The maximum Gasteiger partial charge on any atom is 0.263 e. The van der Waals surface area contributed by atoms with E-state index in [0.29, 0.717) is 10.9 Å². The van der Waals surface area contributed by atoms with Crippen LogP contribution in [-0.2, 0) is 20.4 Å². The van der Waals surface area contributed by atoms with E-state index in [1.165, 1.54) is 6.20 Å². The van der Waals surface area contributed by atoms with Gasteiger partial charge in [-0.2, -0.15) is 0 Å². The summed E-state index contributed by atoms with van der Waals surface area (Å²) in [5, 5.41) is 0.521. The van der Waals surface area contributed by atoms with Crippen molar-refractivity contribution in [2.45, 2.75) is 31.3 Å². The fourth-order valence-electron chi connectivity index (χ4n) is 2.08. The van der Waals surface area contributed by atoms with Gasteiger partial charge in [0.1, 0.15) is 11.4 Å². The van der Waals surface area contributed by atoms with E-state index in [2.05, 4.69) is 0 Å². The zero-order valence-electron chi connectivity index (χ0n) is 12.1. The lowest BCUT2D eigenvalue weighted by Crippen LogP contribution is -2.35. The first-order chi connectivity index (χ1) is 9.71. The van der Waals surface area contributed by atoms with Crippen molar-refractivity contribution < 1.29 is 13.2 Å². The minimum atomic E-state index is -3.85. The summed E-state index contributed by atoms with van der Waals surface area (Å²) < 4.78 is 24.9. The van der Waals surface area contributed by atoms with E-state index in [1.807, 2.05) is 13.8 Å². The van der Waals surface area contributed by atoms with Crippen molar-refractivity contribution in [3.63, 3.8) is 0 Å². The summed E-state index contributed by atoms with van der Waals surface area (Å²) in [4.78, 5) is 13.8. The number of carbonyl (C=O) groups excluding carboxylic acids is 1. The molecule has 0 radical (unpaired) electrons. The predicted molar refractivity (Wildman–Crippen MR) is 82.9 cm³/mol. The third kappa shape index (κ3) is 3.22. The second-order valence-electron chi connectivity index (χ2n) is 5.17. The fraction of sp³-hybridized carbons (Fsp3) is 0.357. The third-order valence-corrected chi connectivity index (χ3v) is 4.84. The number of amides is 1. The van der Waals surface area contributed by atoms with E-state index in [0.717, 1.165) is 0 Å². The fourth-order valence-corrected chi connectivity index (χ4v) is 3.14. The molecule has 1 heterocycles. The lowest BCUT2D eigenvalue weighted by molar-refractivity contribution is -0.131. The zero-order valence-corrected chi connectivity index (χ0v) is 13.6. The van der Waals surface area contributed by atoms with Crippen molar-refractivity contribution in [3.05, 3.63) is 30.5 Å². The van der Waals surface area contributed by atoms with Gasteiger partial charge in [0.15, 0.2) is 0 Å². The van der Waals surface area contributed by atoms with Crippen LogP contribution in [-0.4, -0.2) is 36.9 Å². The number of aromatic nitrogens is 1. The number of rotatable bonds is 4. The van der Waals surface area contributed by atoms with Crippen LogP contribution in [0.5, 0.6) is 0 Å². The molecule has 0 saturated heterocycles. The Morgan fingerprint density at radius 3 is 2.52 bits per heavy atom. The molecule has 114 valence electrons. The Hall–Kier alpha value is -1.53. The van der Waals surface area contributed by atoms with E-state index in [4.69, 9.17) is 10.7 Å². The molecule has 1 aromatic carbocycles. The lowest BCUT2D eigenvalue weighted by atomic mass is 10.2. The number of benzene rings is 1. The Labute approximate surface area is 128 Å². The zero-order chi connectivity index (χ0) is 15.8. The van der Waals surface area contributed by atoms with Gasteiger partial charge >= 0.3 is 0 Å². The van der Waals surface area contributed by atoms with Crippen LogP contribution in [0.15, 0.2) is 35.4 Å². The number of para-hydroxylation sites is 1.